The zero-order valence-corrected chi connectivity index (χ0v) is 20.1. The number of hydrogen-bond acceptors (Lipinski definition) is 7. The van der Waals surface area contributed by atoms with E-state index in [0.29, 0.717) is 27.4 Å². The van der Waals surface area contributed by atoms with Gasteiger partial charge in [0.1, 0.15) is 16.6 Å². The topological polar surface area (TPSA) is 96.8 Å². The number of oxazole rings is 1. The minimum Gasteiger partial charge on any atom is -0.428 e. The molecule has 0 aliphatic heterocycles. The highest BCUT2D eigenvalue weighted by molar-refractivity contribution is 8.00. The summed E-state index contributed by atoms with van der Waals surface area (Å²) in [6, 6.07) is 30.4. The summed E-state index contributed by atoms with van der Waals surface area (Å²) in [5.74, 6) is -0.0114. The predicted molar refractivity (Wildman–Crippen MR) is 137 cm³/mol. The maximum absolute atomic E-state index is 12.9. The van der Waals surface area contributed by atoms with Crippen LogP contribution in [0.25, 0.3) is 33.5 Å². The molecule has 0 atom stereocenters. The molecule has 0 amide bonds. The number of nitriles is 1. The van der Waals surface area contributed by atoms with E-state index in [1.165, 1.54) is 11.8 Å². The van der Waals surface area contributed by atoms with Crippen molar-refractivity contribution >= 4 is 32.7 Å². The number of para-hydroxylation sites is 2. The lowest BCUT2D eigenvalue weighted by Gasteiger charge is -2.12. The van der Waals surface area contributed by atoms with Crippen LogP contribution in [0.3, 0.4) is 0 Å². The number of aromatic nitrogens is 2. The van der Waals surface area contributed by atoms with E-state index in [2.05, 4.69) is 11.1 Å². The molecule has 2 heterocycles. The van der Waals surface area contributed by atoms with Crippen molar-refractivity contribution in [2.45, 2.75) is 10.2 Å². The minimum atomic E-state index is -3.75. The molecule has 0 aliphatic carbocycles. The van der Waals surface area contributed by atoms with Gasteiger partial charge >= 0.3 is 5.22 Å². The van der Waals surface area contributed by atoms with Gasteiger partial charge in [-0.3, -0.25) is 0 Å². The van der Waals surface area contributed by atoms with Crippen molar-refractivity contribution in [1.82, 2.24) is 9.97 Å². The third-order valence-electron chi connectivity index (χ3n) is 5.38. The average molecular weight is 498 g/mol. The van der Waals surface area contributed by atoms with Gasteiger partial charge in [0.15, 0.2) is 5.58 Å². The standard InChI is InChI=1S/C27H19N3O3S2/c28-18-22-21(19-9-3-1-4-10-19)17-24(20-11-5-2-6-12-20)29-26(22)34-15-16-35(31,32)27-30-23-13-7-8-14-25(23)33-27/h1-14,17H,15-16H2. The van der Waals surface area contributed by atoms with Crippen LogP contribution in [0.15, 0.2) is 106 Å². The van der Waals surface area contributed by atoms with Crippen molar-refractivity contribution in [2.24, 2.45) is 0 Å². The Bertz CT molecular complexity index is 1610. The Balaban J connectivity index is 1.47. The lowest BCUT2D eigenvalue weighted by molar-refractivity contribution is 0.459. The Morgan fingerprint density at radius 1 is 0.857 bits per heavy atom. The first-order valence-electron chi connectivity index (χ1n) is 10.8. The maximum atomic E-state index is 12.9. The van der Waals surface area contributed by atoms with E-state index in [4.69, 9.17) is 9.40 Å². The summed E-state index contributed by atoms with van der Waals surface area (Å²) in [4.78, 5) is 8.85. The van der Waals surface area contributed by atoms with Crippen LogP contribution in [0, 0.1) is 11.3 Å². The lowest BCUT2D eigenvalue weighted by Crippen LogP contribution is -2.09. The first kappa shape index (κ1) is 22.8. The van der Waals surface area contributed by atoms with Crippen molar-refractivity contribution in [1.29, 1.82) is 5.26 Å². The van der Waals surface area contributed by atoms with Crippen LogP contribution in [0.5, 0.6) is 0 Å². The fourth-order valence-corrected chi connectivity index (χ4v) is 6.15. The van der Waals surface area contributed by atoms with Gasteiger partial charge in [-0.25, -0.2) is 13.4 Å². The normalized spacial score (nSPS) is 11.4. The molecule has 5 aromatic rings. The predicted octanol–water partition coefficient (Wildman–Crippen LogP) is 5.99. The third kappa shape index (κ3) is 4.83. The molecule has 3 aromatic carbocycles. The average Bonchev–Trinajstić information content (AvgIpc) is 3.35. The highest BCUT2D eigenvalue weighted by Crippen LogP contribution is 2.34. The number of sulfone groups is 1. The molecular formula is C27H19N3O3S2. The second kappa shape index (κ2) is 9.74. The van der Waals surface area contributed by atoms with Crippen LogP contribution < -0.4 is 0 Å². The third-order valence-corrected chi connectivity index (χ3v) is 8.07. The number of benzene rings is 3. The summed E-state index contributed by atoms with van der Waals surface area (Å²) in [5, 5.41) is 10.2. The monoisotopic (exact) mass is 497 g/mol. The van der Waals surface area contributed by atoms with Crippen LogP contribution in [0.1, 0.15) is 5.56 Å². The van der Waals surface area contributed by atoms with E-state index >= 15 is 0 Å². The number of hydrogen-bond donors (Lipinski definition) is 0. The van der Waals surface area contributed by atoms with Gasteiger partial charge < -0.3 is 4.42 Å². The maximum Gasteiger partial charge on any atom is 0.316 e. The largest absolute Gasteiger partial charge is 0.428 e. The Kier molecular flexibility index (Phi) is 6.36. The van der Waals surface area contributed by atoms with Crippen LogP contribution in [-0.4, -0.2) is 29.9 Å². The molecule has 0 radical (unpaired) electrons. The van der Waals surface area contributed by atoms with E-state index in [0.717, 1.165) is 16.7 Å². The van der Waals surface area contributed by atoms with Crippen molar-refractivity contribution in [3.63, 3.8) is 0 Å². The minimum absolute atomic E-state index is 0.190. The van der Waals surface area contributed by atoms with Gasteiger partial charge in [-0.15, -0.1) is 11.8 Å². The molecule has 0 bridgehead atoms. The molecule has 0 saturated heterocycles. The SMILES string of the molecule is N#Cc1c(-c2ccccc2)cc(-c2ccccc2)nc1SCCS(=O)(=O)c1nc2ccccc2o1. The van der Waals surface area contributed by atoms with Crippen LogP contribution >= 0.6 is 11.8 Å². The fourth-order valence-electron chi connectivity index (χ4n) is 3.66. The van der Waals surface area contributed by atoms with Gasteiger partial charge in [0.05, 0.1) is 17.0 Å². The molecule has 0 fully saturated rings. The van der Waals surface area contributed by atoms with Crippen LogP contribution in [-0.2, 0) is 9.84 Å². The first-order valence-corrected chi connectivity index (χ1v) is 13.5. The Hall–Kier alpha value is -3.93. The Morgan fingerprint density at radius 2 is 1.51 bits per heavy atom. The van der Waals surface area contributed by atoms with E-state index < -0.39 is 9.84 Å². The number of rotatable bonds is 7. The van der Waals surface area contributed by atoms with E-state index in [9.17, 15) is 13.7 Å². The molecule has 2 aromatic heterocycles. The molecular weight excluding hydrogens is 478 g/mol. The van der Waals surface area contributed by atoms with Gasteiger partial charge in [-0.2, -0.15) is 10.2 Å². The van der Waals surface area contributed by atoms with E-state index in [1.54, 1.807) is 24.3 Å². The summed E-state index contributed by atoms with van der Waals surface area (Å²) in [7, 11) is -3.75. The smallest absolute Gasteiger partial charge is 0.316 e. The Morgan fingerprint density at radius 3 is 2.20 bits per heavy atom. The lowest BCUT2D eigenvalue weighted by atomic mass is 9.99. The fraction of sp³-hybridized carbons (Fsp3) is 0.0741. The molecule has 35 heavy (non-hydrogen) atoms. The van der Waals surface area contributed by atoms with Gasteiger partial charge in [0.2, 0.25) is 9.84 Å². The Labute approximate surface area is 207 Å². The molecule has 0 unspecified atom stereocenters. The zero-order valence-electron chi connectivity index (χ0n) is 18.5. The van der Waals surface area contributed by atoms with Crippen LogP contribution in [0.4, 0.5) is 0 Å². The molecule has 5 rings (SSSR count). The summed E-state index contributed by atoms with van der Waals surface area (Å²) in [6.07, 6.45) is 0. The van der Waals surface area contributed by atoms with Crippen molar-refractivity contribution < 1.29 is 12.8 Å². The van der Waals surface area contributed by atoms with E-state index in [1.807, 2.05) is 66.7 Å². The summed E-state index contributed by atoms with van der Waals surface area (Å²) in [6.45, 7) is 0. The number of nitrogens with zero attached hydrogens (tertiary/aromatic N) is 3. The summed E-state index contributed by atoms with van der Waals surface area (Å²) < 4.78 is 31.2. The first-order chi connectivity index (χ1) is 17.0. The number of pyridine rings is 1. The summed E-state index contributed by atoms with van der Waals surface area (Å²) in [5.41, 5.74) is 4.62. The molecule has 8 heteroatoms. The van der Waals surface area contributed by atoms with Gasteiger partial charge in [-0.1, -0.05) is 72.8 Å². The molecule has 0 aliphatic rings. The summed E-state index contributed by atoms with van der Waals surface area (Å²) >= 11 is 1.24. The number of fused-ring (bicyclic) bond motifs is 1. The highest BCUT2D eigenvalue weighted by atomic mass is 32.2. The molecule has 172 valence electrons. The second-order valence-electron chi connectivity index (χ2n) is 7.69. The van der Waals surface area contributed by atoms with Gasteiger partial charge in [0.25, 0.3) is 0 Å². The van der Waals surface area contributed by atoms with Crippen molar-refractivity contribution in [2.75, 3.05) is 11.5 Å². The molecule has 0 saturated carbocycles. The second-order valence-corrected chi connectivity index (χ2v) is 10.8. The van der Waals surface area contributed by atoms with Gasteiger partial charge in [0, 0.05) is 16.9 Å². The van der Waals surface area contributed by atoms with Gasteiger partial charge in [-0.05, 0) is 23.8 Å². The zero-order chi connectivity index (χ0) is 24.3. The van der Waals surface area contributed by atoms with Crippen molar-refractivity contribution in [3.05, 3.63) is 96.6 Å². The molecule has 0 N–H and O–H groups in total. The number of thioether (sulfide) groups is 1. The molecule has 0 spiro atoms. The molecule has 6 nitrogen and oxygen atoms in total. The van der Waals surface area contributed by atoms with E-state index in [-0.39, 0.29) is 16.7 Å². The highest BCUT2D eigenvalue weighted by Gasteiger charge is 2.23. The van der Waals surface area contributed by atoms with Crippen LogP contribution in [0.2, 0.25) is 0 Å². The van der Waals surface area contributed by atoms with Crippen molar-refractivity contribution in [3.8, 4) is 28.5 Å². The quantitative estimate of drug-likeness (QED) is 0.255.